The fourth-order valence-electron chi connectivity index (χ4n) is 1.97. The lowest BCUT2D eigenvalue weighted by Crippen LogP contribution is -1.89. The van der Waals surface area contributed by atoms with E-state index < -0.39 is 0 Å². The van der Waals surface area contributed by atoms with E-state index in [0.717, 1.165) is 5.92 Å². The summed E-state index contributed by atoms with van der Waals surface area (Å²) in [4.78, 5) is 0. The van der Waals surface area contributed by atoms with Crippen LogP contribution in [0.2, 0.25) is 0 Å². The van der Waals surface area contributed by atoms with Gasteiger partial charge in [-0.25, -0.2) is 0 Å². The van der Waals surface area contributed by atoms with Gasteiger partial charge in [-0.2, -0.15) is 0 Å². The molecule has 0 heterocycles. The Hall–Kier alpha value is -0.780. The number of aryl methyl sites for hydroxylation is 1. The van der Waals surface area contributed by atoms with Crippen LogP contribution in [0.15, 0.2) is 18.2 Å². The molecule has 0 heteroatoms. The van der Waals surface area contributed by atoms with Crippen molar-refractivity contribution in [2.24, 2.45) is 5.92 Å². The molecule has 0 amide bonds. The SMILES string of the molecule is Cc1ccc2c(c1)C[C@H](C)C2. The summed E-state index contributed by atoms with van der Waals surface area (Å²) in [5, 5.41) is 0. The Bertz CT molecular complexity index is 273. The molecule has 1 aliphatic carbocycles. The third kappa shape index (κ3) is 1.18. The van der Waals surface area contributed by atoms with Gasteiger partial charge in [0.1, 0.15) is 0 Å². The Balaban J connectivity index is 2.43. The van der Waals surface area contributed by atoms with E-state index in [0.29, 0.717) is 0 Å². The maximum absolute atomic E-state index is 2.33. The molecule has 2 rings (SSSR count). The van der Waals surface area contributed by atoms with Crippen LogP contribution < -0.4 is 0 Å². The molecular formula is C11H14. The highest BCUT2D eigenvalue weighted by atomic mass is 14.2. The lowest BCUT2D eigenvalue weighted by Gasteiger charge is -1.98. The summed E-state index contributed by atoms with van der Waals surface area (Å²) < 4.78 is 0. The minimum Gasteiger partial charge on any atom is -0.0619 e. The monoisotopic (exact) mass is 146 g/mol. The number of benzene rings is 1. The highest BCUT2D eigenvalue weighted by Gasteiger charge is 2.16. The lowest BCUT2D eigenvalue weighted by molar-refractivity contribution is 0.628. The molecule has 0 unspecified atom stereocenters. The molecule has 1 aromatic rings. The van der Waals surface area contributed by atoms with Gasteiger partial charge in [0.25, 0.3) is 0 Å². The van der Waals surface area contributed by atoms with Crippen molar-refractivity contribution in [2.75, 3.05) is 0 Å². The second kappa shape index (κ2) is 2.37. The highest BCUT2D eigenvalue weighted by Crippen LogP contribution is 2.26. The van der Waals surface area contributed by atoms with E-state index in [1.165, 1.54) is 18.4 Å². The van der Waals surface area contributed by atoms with Crippen LogP contribution in [0.4, 0.5) is 0 Å². The molecule has 0 saturated heterocycles. The minimum atomic E-state index is 0.867. The van der Waals surface area contributed by atoms with Crippen molar-refractivity contribution in [3.8, 4) is 0 Å². The van der Waals surface area contributed by atoms with Crippen LogP contribution in [0, 0.1) is 12.8 Å². The van der Waals surface area contributed by atoms with Crippen LogP contribution in [0.3, 0.4) is 0 Å². The largest absolute Gasteiger partial charge is 0.0619 e. The third-order valence-corrected chi connectivity index (χ3v) is 2.50. The average Bonchev–Trinajstić information content (AvgIpc) is 2.27. The Morgan fingerprint density at radius 2 is 1.91 bits per heavy atom. The predicted octanol–water partition coefficient (Wildman–Crippen LogP) is 2.73. The first-order valence-electron chi connectivity index (χ1n) is 4.34. The second-order valence-electron chi connectivity index (χ2n) is 3.79. The number of hydrogen-bond acceptors (Lipinski definition) is 0. The van der Waals surface area contributed by atoms with Crippen LogP contribution >= 0.6 is 0 Å². The molecule has 0 saturated carbocycles. The standard InChI is InChI=1S/C11H14/c1-8-3-4-10-6-9(2)7-11(10)5-8/h3-5,9H,6-7H2,1-2H3/t9-/m1/s1. The van der Waals surface area contributed by atoms with E-state index in [1.54, 1.807) is 11.1 Å². The maximum atomic E-state index is 2.33. The molecule has 0 spiro atoms. The summed E-state index contributed by atoms with van der Waals surface area (Å²) in [6.07, 6.45) is 2.58. The zero-order valence-electron chi connectivity index (χ0n) is 7.22. The summed E-state index contributed by atoms with van der Waals surface area (Å²) in [5.74, 6) is 0.867. The van der Waals surface area contributed by atoms with Gasteiger partial charge in [0.05, 0.1) is 0 Å². The average molecular weight is 146 g/mol. The molecule has 0 nitrogen and oxygen atoms in total. The Kier molecular flexibility index (Phi) is 1.49. The molecule has 58 valence electrons. The van der Waals surface area contributed by atoms with E-state index in [1.807, 2.05) is 0 Å². The van der Waals surface area contributed by atoms with Gasteiger partial charge in [-0.15, -0.1) is 0 Å². The molecule has 0 N–H and O–H groups in total. The molecule has 0 aliphatic heterocycles. The Morgan fingerprint density at radius 1 is 1.18 bits per heavy atom. The lowest BCUT2D eigenvalue weighted by atomic mass is 10.1. The Labute approximate surface area is 68.3 Å². The first-order valence-corrected chi connectivity index (χ1v) is 4.34. The van der Waals surface area contributed by atoms with Gasteiger partial charge >= 0.3 is 0 Å². The van der Waals surface area contributed by atoms with Gasteiger partial charge < -0.3 is 0 Å². The highest BCUT2D eigenvalue weighted by molar-refractivity contribution is 5.35. The van der Waals surface area contributed by atoms with Gasteiger partial charge in [-0.3, -0.25) is 0 Å². The van der Waals surface area contributed by atoms with Crippen molar-refractivity contribution in [2.45, 2.75) is 26.7 Å². The van der Waals surface area contributed by atoms with Crippen molar-refractivity contribution in [1.82, 2.24) is 0 Å². The maximum Gasteiger partial charge on any atom is -0.0247 e. The predicted molar refractivity (Wildman–Crippen MR) is 47.8 cm³/mol. The van der Waals surface area contributed by atoms with Crippen LogP contribution in [0.1, 0.15) is 23.6 Å². The van der Waals surface area contributed by atoms with Gasteiger partial charge in [0.2, 0.25) is 0 Å². The van der Waals surface area contributed by atoms with E-state index in [-0.39, 0.29) is 0 Å². The zero-order valence-corrected chi connectivity index (χ0v) is 7.22. The van der Waals surface area contributed by atoms with E-state index in [2.05, 4.69) is 32.0 Å². The third-order valence-electron chi connectivity index (χ3n) is 2.50. The van der Waals surface area contributed by atoms with Crippen LogP contribution in [-0.4, -0.2) is 0 Å². The van der Waals surface area contributed by atoms with Crippen molar-refractivity contribution in [3.05, 3.63) is 34.9 Å². The van der Waals surface area contributed by atoms with Crippen molar-refractivity contribution in [1.29, 1.82) is 0 Å². The molecule has 1 atom stereocenters. The molecule has 0 bridgehead atoms. The Morgan fingerprint density at radius 3 is 2.73 bits per heavy atom. The van der Waals surface area contributed by atoms with Crippen LogP contribution in [0.25, 0.3) is 0 Å². The molecule has 1 aliphatic rings. The summed E-state index contributed by atoms with van der Waals surface area (Å²) in [6, 6.07) is 6.84. The minimum absolute atomic E-state index is 0.867. The first kappa shape index (κ1) is 6.90. The van der Waals surface area contributed by atoms with E-state index in [9.17, 15) is 0 Å². The molecule has 0 fully saturated rings. The zero-order chi connectivity index (χ0) is 7.84. The topological polar surface area (TPSA) is 0 Å². The van der Waals surface area contributed by atoms with Crippen LogP contribution in [-0.2, 0) is 12.8 Å². The second-order valence-corrected chi connectivity index (χ2v) is 3.79. The molecule has 1 aromatic carbocycles. The number of fused-ring (bicyclic) bond motifs is 1. The summed E-state index contributed by atoms with van der Waals surface area (Å²) in [7, 11) is 0. The van der Waals surface area contributed by atoms with Crippen molar-refractivity contribution >= 4 is 0 Å². The fraction of sp³-hybridized carbons (Fsp3) is 0.455. The molecule has 11 heavy (non-hydrogen) atoms. The van der Waals surface area contributed by atoms with Gasteiger partial charge in [-0.1, -0.05) is 30.7 Å². The smallest absolute Gasteiger partial charge is 0.0247 e. The van der Waals surface area contributed by atoms with E-state index in [4.69, 9.17) is 0 Å². The fourth-order valence-corrected chi connectivity index (χ4v) is 1.97. The first-order chi connectivity index (χ1) is 5.25. The quantitative estimate of drug-likeness (QED) is 0.528. The molecule has 0 radical (unpaired) electrons. The van der Waals surface area contributed by atoms with Gasteiger partial charge in [0, 0.05) is 0 Å². The molecule has 0 aromatic heterocycles. The summed E-state index contributed by atoms with van der Waals surface area (Å²) in [5.41, 5.74) is 4.55. The molecular weight excluding hydrogens is 132 g/mol. The number of rotatable bonds is 0. The van der Waals surface area contributed by atoms with E-state index >= 15 is 0 Å². The van der Waals surface area contributed by atoms with Gasteiger partial charge in [-0.05, 0) is 36.8 Å². The summed E-state index contributed by atoms with van der Waals surface area (Å²) >= 11 is 0. The normalized spacial score (nSPS) is 21.8. The van der Waals surface area contributed by atoms with Crippen molar-refractivity contribution in [3.63, 3.8) is 0 Å². The van der Waals surface area contributed by atoms with Crippen molar-refractivity contribution < 1.29 is 0 Å². The summed E-state index contributed by atoms with van der Waals surface area (Å²) in [6.45, 7) is 4.50. The van der Waals surface area contributed by atoms with Gasteiger partial charge in [0.15, 0.2) is 0 Å². The van der Waals surface area contributed by atoms with Crippen LogP contribution in [0.5, 0.6) is 0 Å². The number of hydrogen-bond donors (Lipinski definition) is 0.